The molecule has 3 aromatic rings. The minimum Gasteiger partial charge on any atom is -0.462 e. The van der Waals surface area contributed by atoms with Crippen LogP contribution in [0.1, 0.15) is 29.6 Å². The first-order valence-corrected chi connectivity index (χ1v) is 8.25. The fraction of sp³-hybridized carbons (Fsp3) is 0.211. The maximum atomic E-state index is 12.9. The van der Waals surface area contributed by atoms with E-state index in [-0.39, 0.29) is 11.8 Å². The molecule has 7 heteroatoms. The molecule has 0 amide bonds. The van der Waals surface area contributed by atoms with Gasteiger partial charge in [-0.2, -0.15) is 0 Å². The van der Waals surface area contributed by atoms with Crippen molar-refractivity contribution in [1.29, 1.82) is 0 Å². The Labute approximate surface area is 150 Å². The summed E-state index contributed by atoms with van der Waals surface area (Å²) in [5.74, 6) is 0.0722. The van der Waals surface area contributed by atoms with Crippen molar-refractivity contribution in [1.82, 2.24) is 10.2 Å². The lowest BCUT2D eigenvalue weighted by molar-refractivity contribution is 0.0505. The van der Waals surface area contributed by atoms with Crippen LogP contribution in [0.25, 0.3) is 11.5 Å². The standard InChI is InChI=1S/C19H18FN3O3/c1-2-11-25-19(24)14-5-9-16(10-6-14)21-12-17-22-23-18(26-17)13-3-7-15(20)8-4-13/h3-10,21H,2,11-12H2,1H3. The largest absolute Gasteiger partial charge is 0.462 e. The van der Waals surface area contributed by atoms with Crippen LogP contribution < -0.4 is 5.32 Å². The summed E-state index contributed by atoms with van der Waals surface area (Å²) >= 11 is 0. The summed E-state index contributed by atoms with van der Waals surface area (Å²) in [7, 11) is 0. The zero-order chi connectivity index (χ0) is 18.4. The van der Waals surface area contributed by atoms with Crippen LogP contribution in [0.15, 0.2) is 52.9 Å². The van der Waals surface area contributed by atoms with Gasteiger partial charge in [0, 0.05) is 11.3 Å². The lowest BCUT2D eigenvalue weighted by atomic mass is 10.2. The summed E-state index contributed by atoms with van der Waals surface area (Å²) in [6.07, 6.45) is 0.787. The molecule has 134 valence electrons. The molecular formula is C19H18FN3O3. The molecule has 0 aliphatic rings. The fourth-order valence-electron chi connectivity index (χ4n) is 2.21. The number of rotatable bonds is 7. The lowest BCUT2D eigenvalue weighted by Crippen LogP contribution is -2.06. The second-order valence-electron chi connectivity index (χ2n) is 5.57. The first-order chi connectivity index (χ1) is 12.7. The predicted octanol–water partition coefficient (Wildman–Crippen LogP) is 4.05. The third-order valence-corrected chi connectivity index (χ3v) is 3.56. The van der Waals surface area contributed by atoms with Crippen LogP contribution in [-0.2, 0) is 11.3 Å². The van der Waals surface area contributed by atoms with Gasteiger partial charge in [0.2, 0.25) is 11.8 Å². The van der Waals surface area contributed by atoms with Gasteiger partial charge < -0.3 is 14.5 Å². The van der Waals surface area contributed by atoms with Crippen molar-refractivity contribution in [2.45, 2.75) is 19.9 Å². The smallest absolute Gasteiger partial charge is 0.338 e. The minimum absolute atomic E-state index is 0.322. The van der Waals surface area contributed by atoms with E-state index in [4.69, 9.17) is 9.15 Å². The molecule has 0 bridgehead atoms. The quantitative estimate of drug-likeness (QED) is 0.644. The van der Waals surface area contributed by atoms with E-state index in [0.717, 1.165) is 12.1 Å². The SMILES string of the molecule is CCCOC(=O)c1ccc(NCc2nnc(-c3ccc(F)cc3)o2)cc1. The van der Waals surface area contributed by atoms with Gasteiger partial charge >= 0.3 is 5.97 Å². The van der Waals surface area contributed by atoms with E-state index in [9.17, 15) is 9.18 Å². The van der Waals surface area contributed by atoms with Gasteiger partial charge in [0.05, 0.1) is 18.7 Å². The molecule has 0 atom stereocenters. The van der Waals surface area contributed by atoms with Crippen molar-refractivity contribution in [3.63, 3.8) is 0 Å². The molecule has 1 heterocycles. The van der Waals surface area contributed by atoms with E-state index in [1.807, 2.05) is 6.92 Å². The van der Waals surface area contributed by atoms with Gasteiger partial charge in [0.25, 0.3) is 0 Å². The summed E-state index contributed by atoms with van der Waals surface area (Å²) in [6, 6.07) is 12.8. The molecular weight excluding hydrogens is 337 g/mol. The van der Waals surface area contributed by atoms with Crippen LogP contribution >= 0.6 is 0 Å². The zero-order valence-corrected chi connectivity index (χ0v) is 14.2. The molecule has 26 heavy (non-hydrogen) atoms. The van der Waals surface area contributed by atoms with Gasteiger partial charge in [-0.3, -0.25) is 0 Å². The number of esters is 1. The third kappa shape index (κ3) is 4.44. The number of ether oxygens (including phenoxy) is 1. The topological polar surface area (TPSA) is 77.2 Å². The highest BCUT2D eigenvalue weighted by molar-refractivity contribution is 5.89. The molecule has 0 saturated heterocycles. The van der Waals surface area contributed by atoms with Gasteiger partial charge in [0.1, 0.15) is 5.82 Å². The third-order valence-electron chi connectivity index (χ3n) is 3.56. The van der Waals surface area contributed by atoms with Crippen molar-refractivity contribution in [2.24, 2.45) is 0 Å². The molecule has 1 N–H and O–H groups in total. The Bertz CT molecular complexity index is 860. The van der Waals surface area contributed by atoms with E-state index in [0.29, 0.717) is 36.1 Å². The van der Waals surface area contributed by atoms with E-state index in [1.165, 1.54) is 12.1 Å². The summed E-state index contributed by atoms with van der Waals surface area (Å²) in [5, 5.41) is 11.1. The summed E-state index contributed by atoms with van der Waals surface area (Å²) in [4.78, 5) is 11.8. The maximum Gasteiger partial charge on any atom is 0.338 e. The molecule has 0 fully saturated rings. The Morgan fingerprint density at radius 2 is 1.85 bits per heavy atom. The van der Waals surface area contributed by atoms with Crippen LogP contribution in [0.5, 0.6) is 0 Å². The van der Waals surface area contributed by atoms with Crippen molar-refractivity contribution in [3.8, 4) is 11.5 Å². The highest BCUT2D eigenvalue weighted by Gasteiger charge is 2.09. The van der Waals surface area contributed by atoms with Crippen LogP contribution in [0, 0.1) is 5.82 Å². The molecule has 0 radical (unpaired) electrons. The Hall–Kier alpha value is -3.22. The summed E-state index contributed by atoms with van der Waals surface area (Å²) in [5.41, 5.74) is 1.96. The van der Waals surface area contributed by atoms with Crippen LogP contribution in [-0.4, -0.2) is 22.8 Å². The first kappa shape index (κ1) is 17.6. The second kappa shape index (κ2) is 8.24. The Balaban J connectivity index is 1.57. The average molecular weight is 355 g/mol. The highest BCUT2D eigenvalue weighted by atomic mass is 19.1. The molecule has 0 saturated carbocycles. The summed E-state index contributed by atoms with van der Waals surface area (Å²) in [6.45, 7) is 2.68. The van der Waals surface area contributed by atoms with Gasteiger partial charge in [0.15, 0.2) is 0 Å². The van der Waals surface area contributed by atoms with Gasteiger partial charge in [-0.15, -0.1) is 10.2 Å². The van der Waals surface area contributed by atoms with Crippen molar-refractivity contribution < 1.29 is 18.3 Å². The number of nitrogens with zero attached hydrogens (tertiary/aromatic N) is 2. The number of hydrogen-bond donors (Lipinski definition) is 1. The zero-order valence-electron chi connectivity index (χ0n) is 14.2. The Kier molecular flexibility index (Phi) is 5.58. The number of hydrogen-bond acceptors (Lipinski definition) is 6. The Morgan fingerprint density at radius 1 is 1.12 bits per heavy atom. The van der Waals surface area contributed by atoms with Crippen molar-refractivity contribution in [3.05, 3.63) is 65.8 Å². The van der Waals surface area contributed by atoms with E-state index in [1.54, 1.807) is 36.4 Å². The number of nitrogens with one attached hydrogen (secondary N) is 1. The number of carbonyl (C=O) groups is 1. The van der Waals surface area contributed by atoms with Gasteiger partial charge in [-0.1, -0.05) is 6.92 Å². The number of benzene rings is 2. The average Bonchev–Trinajstić information content (AvgIpc) is 3.14. The van der Waals surface area contributed by atoms with Gasteiger partial charge in [-0.05, 0) is 55.0 Å². The van der Waals surface area contributed by atoms with E-state index >= 15 is 0 Å². The molecule has 2 aromatic carbocycles. The predicted molar refractivity (Wildman–Crippen MR) is 94.0 cm³/mol. The molecule has 0 aliphatic carbocycles. The van der Waals surface area contributed by atoms with Crippen molar-refractivity contribution >= 4 is 11.7 Å². The van der Waals surface area contributed by atoms with E-state index < -0.39 is 0 Å². The van der Waals surface area contributed by atoms with E-state index in [2.05, 4.69) is 15.5 Å². The monoisotopic (exact) mass is 355 g/mol. The van der Waals surface area contributed by atoms with Crippen LogP contribution in [0.4, 0.5) is 10.1 Å². The number of halogens is 1. The van der Waals surface area contributed by atoms with Crippen LogP contribution in [0.2, 0.25) is 0 Å². The normalized spacial score (nSPS) is 10.5. The molecule has 3 rings (SSSR count). The maximum absolute atomic E-state index is 12.9. The molecule has 1 aromatic heterocycles. The Morgan fingerprint density at radius 3 is 2.54 bits per heavy atom. The number of aromatic nitrogens is 2. The van der Waals surface area contributed by atoms with Crippen molar-refractivity contribution in [2.75, 3.05) is 11.9 Å². The molecule has 0 unspecified atom stereocenters. The fourth-order valence-corrected chi connectivity index (χ4v) is 2.21. The molecule has 6 nitrogen and oxygen atoms in total. The van der Waals surface area contributed by atoms with Crippen LogP contribution in [0.3, 0.4) is 0 Å². The van der Waals surface area contributed by atoms with Gasteiger partial charge in [-0.25, -0.2) is 9.18 Å². The second-order valence-corrected chi connectivity index (χ2v) is 5.57. The number of carbonyl (C=O) groups excluding carboxylic acids is 1. The molecule has 0 spiro atoms. The highest BCUT2D eigenvalue weighted by Crippen LogP contribution is 2.19. The number of anilines is 1. The lowest BCUT2D eigenvalue weighted by Gasteiger charge is -2.06. The summed E-state index contributed by atoms with van der Waals surface area (Å²) < 4.78 is 23.6. The molecule has 0 aliphatic heterocycles. The minimum atomic E-state index is -0.334. The first-order valence-electron chi connectivity index (χ1n) is 8.25.